The van der Waals surface area contributed by atoms with Crippen LogP contribution in [0.5, 0.6) is 0 Å². The van der Waals surface area contributed by atoms with Crippen molar-refractivity contribution >= 4 is 40.6 Å². The number of hydrogen-bond donors (Lipinski definition) is 9. The maximum absolute atomic E-state index is 13.1. The van der Waals surface area contributed by atoms with Gasteiger partial charge in [-0.1, -0.05) is 18.2 Å². The Labute approximate surface area is 225 Å². The lowest BCUT2D eigenvalue weighted by atomic mass is 10.0. The summed E-state index contributed by atoms with van der Waals surface area (Å²) in [5, 5.41) is 29.6. The number of hydrogen-bond acceptors (Lipinski definition) is 8. The zero-order valence-corrected chi connectivity index (χ0v) is 21.6. The Bertz CT molecular complexity index is 1140. The molecule has 0 aliphatic rings. The quantitative estimate of drug-likeness (QED) is 0.0968. The summed E-state index contributed by atoms with van der Waals surface area (Å²) in [6.45, 7) is 0.910. The Balaban J connectivity index is 2.02. The molecule has 0 spiro atoms. The number of aromatic nitrogens is 1. The van der Waals surface area contributed by atoms with Crippen LogP contribution >= 0.6 is 0 Å². The maximum Gasteiger partial charge on any atom is 0.326 e. The van der Waals surface area contributed by atoms with E-state index in [1.54, 1.807) is 6.20 Å². The third-order valence-electron chi connectivity index (χ3n) is 5.91. The number of H-pyrrole nitrogens is 1. The van der Waals surface area contributed by atoms with E-state index in [1.165, 1.54) is 0 Å². The van der Waals surface area contributed by atoms with E-state index in [0.717, 1.165) is 16.5 Å². The lowest BCUT2D eigenvalue weighted by Gasteiger charge is -2.21. The first-order chi connectivity index (χ1) is 18.6. The largest absolute Gasteiger partial charge is 0.481 e. The summed E-state index contributed by atoms with van der Waals surface area (Å²) in [6.07, 6.45) is 1.50. The summed E-state index contributed by atoms with van der Waals surface area (Å²) >= 11 is 0. The number of carbonyl (C=O) groups is 5. The zero-order valence-electron chi connectivity index (χ0n) is 21.6. The molecule has 3 amide bonds. The summed E-state index contributed by atoms with van der Waals surface area (Å²) in [5.41, 5.74) is 13.0. The van der Waals surface area contributed by atoms with Gasteiger partial charge in [0.1, 0.15) is 12.1 Å². The highest BCUT2D eigenvalue weighted by molar-refractivity contribution is 5.91. The molecule has 0 bridgehead atoms. The molecule has 1 heterocycles. The second kappa shape index (κ2) is 16.1. The van der Waals surface area contributed by atoms with Crippen LogP contribution in [0.3, 0.4) is 0 Å². The fourth-order valence-electron chi connectivity index (χ4n) is 3.85. The molecule has 14 nitrogen and oxygen atoms in total. The van der Waals surface area contributed by atoms with E-state index in [0.29, 0.717) is 13.1 Å². The number of nitrogens with two attached hydrogens (primary N) is 2. The minimum atomic E-state index is -1.30. The second-order valence-electron chi connectivity index (χ2n) is 9.01. The van der Waals surface area contributed by atoms with Gasteiger partial charge in [0.05, 0.1) is 6.04 Å². The molecule has 3 unspecified atom stereocenters. The molecule has 0 aliphatic carbocycles. The normalized spacial score (nSPS) is 13.3. The van der Waals surface area contributed by atoms with Crippen LogP contribution in [-0.2, 0) is 30.4 Å². The van der Waals surface area contributed by atoms with Gasteiger partial charge in [0, 0.05) is 62.5 Å². The van der Waals surface area contributed by atoms with Crippen LogP contribution in [0.25, 0.3) is 10.9 Å². The molecular formula is C25H37N7O7. The Hall–Kier alpha value is -4.01. The van der Waals surface area contributed by atoms with Gasteiger partial charge in [-0.25, -0.2) is 4.79 Å². The van der Waals surface area contributed by atoms with Gasteiger partial charge in [-0.15, -0.1) is 0 Å². The van der Waals surface area contributed by atoms with Gasteiger partial charge in [0.15, 0.2) is 0 Å². The van der Waals surface area contributed by atoms with Crippen LogP contribution in [0.2, 0.25) is 0 Å². The number of carboxylic acid groups (broad SMARTS) is 2. The highest BCUT2D eigenvalue weighted by Crippen LogP contribution is 2.19. The molecule has 2 aromatic rings. The van der Waals surface area contributed by atoms with Crippen LogP contribution in [0.1, 0.15) is 31.2 Å². The number of benzene rings is 1. The molecule has 11 N–H and O–H groups in total. The Morgan fingerprint density at radius 2 is 1.69 bits per heavy atom. The van der Waals surface area contributed by atoms with Gasteiger partial charge in [-0.2, -0.15) is 0 Å². The van der Waals surface area contributed by atoms with E-state index in [2.05, 4.69) is 26.3 Å². The zero-order chi connectivity index (χ0) is 28.8. The van der Waals surface area contributed by atoms with E-state index in [9.17, 15) is 29.1 Å². The number of carboxylic acids is 2. The van der Waals surface area contributed by atoms with Crippen LogP contribution in [0.15, 0.2) is 30.5 Å². The van der Waals surface area contributed by atoms with Crippen molar-refractivity contribution in [1.29, 1.82) is 0 Å². The number of amides is 3. The average Bonchev–Trinajstić information content (AvgIpc) is 3.30. The van der Waals surface area contributed by atoms with Crippen LogP contribution < -0.4 is 32.7 Å². The van der Waals surface area contributed by atoms with Crippen LogP contribution in [0, 0.1) is 0 Å². The molecule has 0 radical (unpaired) electrons. The van der Waals surface area contributed by atoms with Gasteiger partial charge < -0.3 is 47.9 Å². The molecule has 1 aromatic carbocycles. The summed E-state index contributed by atoms with van der Waals surface area (Å²) < 4.78 is 0. The van der Waals surface area contributed by atoms with E-state index in [-0.39, 0.29) is 45.2 Å². The van der Waals surface area contributed by atoms with Crippen molar-refractivity contribution < 1.29 is 34.2 Å². The lowest BCUT2D eigenvalue weighted by molar-refractivity contribution is -0.142. The Morgan fingerprint density at radius 3 is 2.38 bits per heavy atom. The first-order valence-electron chi connectivity index (χ1n) is 12.7. The predicted octanol–water partition coefficient (Wildman–Crippen LogP) is -1.60. The number of carbonyl (C=O) groups excluding carboxylic acids is 3. The molecule has 0 aliphatic heterocycles. The maximum atomic E-state index is 13.1. The molecule has 0 saturated carbocycles. The van der Waals surface area contributed by atoms with Crippen LogP contribution in [0.4, 0.5) is 0 Å². The van der Waals surface area contributed by atoms with Gasteiger partial charge >= 0.3 is 11.9 Å². The third kappa shape index (κ3) is 10.7. The first kappa shape index (κ1) is 31.2. The Morgan fingerprint density at radius 1 is 0.949 bits per heavy atom. The molecule has 3 atom stereocenters. The number of aliphatic carboxylic acids is 2. The predicted molar refractivity (Wildman–Crippen MR) is 143 cm³/mol. The molecule has 0 fully saturated rings. The monoisotopic (exact) mass is 547 g/mol. The van der Waals surface area contributed by atoms with Crippen molar-refractivity contribution in [3.05, 3.63) is 36.0 Å². The smallest absolute Gasteiger partial charge is 0.326 e. The van der Waals surface area contributed by atoms with E-state index in [4.69, 9.17) is 16.6 Å². The number of fused-ring (bicyclic) bond motifs is 1. The number of nitrogens with one attached hydrogen (secondary N) is 5. The second-order valence-corrected chi connectivity index (χ2v) is 9.01. The van der Waals surface area contributed by atoms with Crippen molar-refractivity contribution in [2.75, 3.05) is 26.2 Å². The van der Waals surface area contributed by atoms with E-state index in [1.807, 2.05) is 24.3 Å². The van der Waals surface area contributed by atoms with Gasteiger partial charge in [0.2, 0.25) is 17.7 Å². The average molecular weight is 548 g/mol. The standard InChI is InChI=1S/C25H37N7O7/c26-9-11-28-14-17(27)23(36)32-20(12-15-13-30-18-5-2-1-4-16(15)18)24(37)29-10-8-19(25(38)39)31-21(33)6-3-7-22(34)35/h1-2,4-5,13,17,19-20,28,30H,3,6-12,14,26-27H2,(H,29,37)(H,31,33)(H,32,36)(H,34,35)(H,38,39). The molecule has 2 rings (SSSR count). The third-order valence-corrected chi connectivity index (χ3v) is 5.91. The SMILES string of the molecule is NCCNCC(N)C(=O)NC(Cc1c[nH]c2ccccc12)C(=O)NCCC(NC(=O)CCCC(=O)O)C(=O)O. The molecule has 1 aromatic heterocycles. The van der Waals surface area contributed by atoms with E-state index < -0.39 is 47.8 Å². The summed E-state index contributed by atoms with van der Waals surface area (Å²) in [5.74, 6) is -4.04. The molecule has 14 heteroatoms. The molecule has 0 saturated heterocycles. The minimum absolute atomic E-state index is 0.0728. The van der Waals surface area contributed by atoms with Crippen LogP contribution in [-0.4, -0.2) is 89.2 Å². The molecule has 214 valence electrons. The summed E-state index contributed by atoms with van der Waals surface area (Å²) in [6, 6.07) is 4.27. The number of rotatable bonds is 18. The summed E-state index contributed by atoms with van der Waals surface area (Å²) in [4.78, 5) is 63.1. The highest BCUT2D eigenvalue weighted by Gasteiger charge is 2.26. The number of para-hydroxylation sites is 1. The fourth-order valence-corrected chi connectivity index (χ4v) is 3.85. The first-order valence-corrected chi connectivity index (χ1v) is 12.7. The molecular weight excluding hydrogens is 510 g/mol. The summed E-state index contributed by atoms with van der Waals surface area (Å²) in [7, 11) is 0. The van der Waals surface area contributed by atoms with Gasteiger partial charge in [-0.05, 0) is 24.5 Å². The lowest BCUT2D eigenvalue weighted by Crippen LogP contribution is -2.55. The highest BCUT2D eigenvalue weighted by atomic mass is 16.4. The minimum Gasteiger partial charge on any atom is -0.481 e. The molecule has 39 heavy (non-hydrogen) atoms. The Kier molecular flexibility index (Phi) is 12.9. The topological polar surface area (TPSA) is 242 Å². The van der Waals surface area contributed by atoms with Crippen molar-refractivity contribution in [3.63, 3.8) is 0 Å². The fraction of sp³-hybridized carbons (Fsp3) is 0.480. The van der Waals surface area contributed by atoms with Gasteiger partial charge in [-0.3, -0.25) is 19.2 Å². The van der Waals surface area contributed by atoms with Crippen molar-refractivity contribution in [2.24, 2.45) is 11.5 Å². The number of aromatic amines is 1. The van der Waals surface area contributed by atoms with E-state index >= 15 is 0 Å². The van der Waals surface area contributed by atoms with Gasteiger partial charge in [0.25, 0.3) is 0 Å². The van der Waals surface area contributed by atoms with Crippen molar-refractivity contribution in [1.82, 2.24) is 26.3 Å². The van der Waals surface area contributed by atoms with Crippen molar-refractivity contribution in [3.8, 4) is 0 Å². The van der Waals surface area contributed by atoms with Crippen molar-refractivity contribution in [2.45, 2.75) is 50.2 Å².